The lowest BCUT2D eigenvalue weighted by atomic mass is 10.1. The first-order valence-electron chi connectivity index (χ1n) is 11.2. The van der Waals surface area contributed by atoms with Crippen molar-refractivity contribution in [1.29, 1.82) is 0 Å². The van der Waals surface area contributed by atoms with Crippen LogP contribution in [0.5, 0.6) is 11.5 Å². The summed E-state index contributed by atoms with van der Waals surface area (Å²) in [6.45, 7) is 4.57. The number of benzene rings is 3. The second-order valence-corrected chi connectivity index (χ2v) is 8.87. The molecule has 0 bridgehead atoms. The minimum absolute atomic E-state index is 0.115. The van der Waals surface area contributed by atoms with E-state index >= 15 is 0 Å². The normalized spacial score (nSPS) is 10.8. The van der Waals surface area contributed by atoms with Crippen molar-refractivity contribution in [3.63, 3.8) is 0 Å². The standard InChI is InChI=1S/C27H27N3O4S/c1-18-9-8-10-19(2)25(18)30-26(32)20-11-4-5-12-21(20)29-27(30)35-17-24(31)28-15-16-34-23-14-7-6-13-22(23)33-3/h4-14H,15-17H2,1-3H3,(H,28,31). The third kappa shape index (κ3) is 5.49. The Balaban J connectivity index is 1.49. The van der Waals surface area contributed by atoms with E-state index in [1.165, 1.54) is 11.8 Å². The highest BCUT2D eigenvalue weighted by atomic mass is 32.2. The van der Waals surface area contributed by atoms with Gasteiger partial charge in [-0.1, -0.05) is 54.2 Å². The summed E-state index contributed by atoms with van der Waals surface area (Å²) >= 11 is 1.24. The average Bonchev–Trinajstić information content (AvgIpc) is 2.87. The van der Waals surface area contributed by atoms with E-state index in [4.69, 9.17) is 14.5 Å². The first-order chi connectivity index (χ1) is 17.0. The Kier molecular flexibility index (Phi) is 7.72. The SMILES string of the molecule is COc1ccccc1OCCNC(=O)CSc1nc2ccccc2c(=O)n1-c1c(C)cccc1C. The van der Waals surface area contributed by atoms with Crippen molar-refractivity contribution in [1.82, 2.24) is 14.9 Å². The Hall–Kier alpha value is -3.78. The Morgan fingerprint density at radius 1 is 0.971 bits per heavy atom. The third-order valence-electron chi connectivity index (χ3n) is 5.49. The lowest BCUT2D eigenvalue weighted by Gasteiger charge is -2.17. The van der Waals surface area contributed by atoms with Crippen LogP contribution >= 0.6 is 11.8 Å². The number of aromatic nitrogens is 2. The first-order valence-corrected chi connectivity index (χ1v) is 12.2. The number of thioether (sulfide) groups is 1. The van der Waals surface area contributed by atoms with Gasteiger partial charge < -0.3 is 14.8 Å². The van der Waals surface area contributed by atoms with E-state index in [0.29, 0.717) is 40.7 Å². The Morgan fingerprint density at radius 3 is 2.40 bits per heavy atom. The molecule has 1 amide bonds. The van der Waals surface area contributed by atoms with Crippen molar-refractivity contribution in [3.05, 3.63) is 88.2 Å². The predicted octanol–water partition coefficient (Wildman–Crippen LogP) is 4.30. The molecule has 4 rings (SSSR count). The van der Waals surface area contributed by atoms with Crippen LogP contribution in [0.2, 0.25) is 0 Å². The van der Waals surface area contributed by atoms with Gasteiger partial charge >= 0.3 is 0 Å². The van der Waals surface area contributed by atoms with E-state index in [-0.39, 0.29) is 17.2 Å². The summed E-state index contributed by atoms with van der Waals surface area (Å²) in [5.41, 5.74) is 3.17. The summed E-state index contributed by atoms with van der Waals surface area (Å²) in [5, 5.41) is 3.87. The van der Waals surface area contributed by atoms with Gasteiger partial charge in [0.05, 0.1) is 36.0 Å². The number of hydrogen-bond acceptors (Lipinski definition) is 6. The molecule has 0 atom stereocenters. The molecule has 0 saturated heterocycles. The van der Waals surface area contributed by atoms with Crippen molar-refractivity contribution in [2.24, 2.45) is 0 Å². The summed E-state index contributed by atoms with van der Waals surface area (Å²) in [7, 11) is 1.58. The molecule has 3 aromatic carbocycles. The van der Waals surface area contributed by atoms with Gasteiger partial charge in [0.2, 0.25) is 5.91 Å². The minimum atomic E-state index is -0.172. The maximum absolute atomic E-state index is 13.5. The number of nitrogens with one attached hydrogen (secondary N) is 1. The summed E-state index contributed by atoms with van der Waals surface area (Å²) in [6.07, 6.45) is 0. The lowest BCUT2D eigenvalue weighted by molar-refractivity contribution is -0.118. The van der Waals surface area contributed by atoms with E-state index in [9.17, 15) is 9.59 Å². The van der Waals surface area contributed by atoms with Crippen LogP contribution in [0.1, 0.15) is 11.1 Å². The molecule has 0 aliphatic heterocycles. The van der Waals surface area contributed by atoms with Crippen LogP contribution in [0.3, 0.4) is 0 Å². The predicted molar refractivity (Wildman–Crippen MR) is 139 cm³/mol. The number of amides is 1. The Labute approximate surface area is 208 Å². The van der Waals surface area contributed by atoms with E-state index in [1.807, 2.05) is 74.5 Å². The van der Waals surface area contributed by atoms with Gasteiger partial charge in [-0.05, 0) is 49.2 Å². The summed E-state index contributed by atoms with van der Waals surface area (Å²) < 4.78 is 12.6. The van der Waals surface area contributed by atoms with Gasteiger partial charge in [-0.2, -0.15) is 0 Å². The highest BCUT2D eigenvalue weighted by molar-refractivity contribution is 7.99. The zero-order valence-electron chi connectivity index (χ0n) is 19.9. The number of nitrogens with zero attached hydrogens (tertiary/aromatic N) is 2. The van der Waals surface area contributed by atoms with Crippen LogP contribution in [0, 0.1) is 13.8 Å². The highest BCUT2D eigenvalue weighted by Crippen LogP contribution is 2.26. The zero-order valence-corrected chi connectivity index (χ0v) is 20.7. The number of carbonyl (C=O) groups excluding carboxylic acids is 1. The minimum Gasteiger partial charge on any atom is -0.493 e. The molecule has 1 N–H and O–H groups in total. The molecule has 0 aliphatic rings. The molecule has 35 heavy (non-hydrogen) atoms. The van der Waals surface area contributed by atoms with Gasteiger partial charge in [0.1, 0.15) is 6.61 Å². The van der Waals surface area contributed by atoms with Crippen molar-refractivity contribution >= 4 is 28.6 Å². The fourth-order valence-electron chi connectivity index (χ4n) is 3.84. The fourth-order valence-corrected chi connectivity index (χ4v) is 4.66. The second kappa shape index (κ2) is 11.1. The number of rotatable bonds is 9. The van der Waals surface area contributed by atoms with Crippen LogP contribution in [0.4, 0.5) is 0 Å². The monoisotopic (exact) mass is 489 g/mol. The average molecular weight is 490 g/mol. The largest absolute Gasteiger partial charge is 0.493 e. The van der Waals surface area contributed by atoms with E-state index in [0.717, 1.165) is 16.8 Å². The number of para-hydroxylation sites is 4. The molecule has 0 radical (unpaired) electrons. The van der Waals surface area contributed by atoms with Gasteiger partial charge in [0, 0.05) is 0 Å². The van der Waals surface area contributed by atoms with Crippen molar-refractivity contribution < 1.29 is 14.3 Å². The zero-order chi connectivity index (χ0) is 24.8. The van der Waals surface area contributed by atoms with Crippen molar-refractivity contribution in [3.8, 4) is 17.2 Å². The number of methoxy groups -OCH3 is 1. The number of carbonyl (C=O) groups is 1. The van der Waals surface area contributed by atoms with Gasteiger partial charge in [-0.25, -0.2) is 4.98 Å². The molecule has 0 aliphatic carbocycles. The molecule has 0 fully saturated rings. The van der Waals surface area contributed by atoms with Gasteiger partial charge in [0.25, 0.3) is 5.56 Å². The van der Waals surface area contributed by atoms with Crippen LogP contribution in [-0.4, -0.2) is 41.5 Å². The smallest absolute Gasteiger partial charge is 0.266 e. The van der Waals surface area contributed by atoms with Crippen LogP contribution in [0.15, 0.2) is 76.7 Å². The summed E-state index contributed by atoms with van der Waals surface area (Å²) in [6, 6.07) is 20.5. The van der Waals surface area contributed by atoms with Gasteiger partial charge in [-0.3, -0.25) is 14.2 Å². The van der Waals surface area contributed by atoms with Crippen molar-refractivity contribution in [2.75, 3.05) is 26.0 Å². The number of hydrogen-bond donors (Lipinski definition) is 1. The molecule has 0 saturated carbocycles. The lowest BCUT2D eigenvalue weighted by Crippen LogP contribution is -2.30. The van der Waals surface area contributed by atoms with E-state index < -0.39 is 0 Å². The molecule has 1 heterocycles. The molecule has 0 spiro atoms. The molecule has 0 unspecified atom stereocenters. The van der Waals surface area contributed by atoms with E-state index in [2.05, 4.69) is 5.32 Å². The Morgan fingerprint density at radius 2 is 1.66 bits per heavy atom. The number of ether oxygens (including phenoxy) is 2. The molecule has 4 aromatic rings. The molecule has 1 aromatic heterocycles. The quantitative estimate of drug-likeness (QED) is 0.214. The van der Waals surface area contributed by atoms with Crippen molar-refractivity contribution in [2.45, 2.75) is 19.0 Å². The Bertz CT molecular complexity index is 1400. The maximum atomic E-state index is 13.5. The summed E-state index contributed by atoms with van der Waals surface area (Å²) in [4.78, 5) is 30.8. The van der Waals surface area contributed by atoms with Crippen LogP contribution < -0.4 is 20.3 Å². The van der Waals surface area contributed by atoms with Crippen LogP contribution in [0.25, 0.3) is 16.6 Å². The number of aryl methyl sites for hydroxylation is 2. The molecule has 8 heteroatoms. The first kappa shape index (κ1) is 24.3. The molecule has 7 nitrogen and oxygen atoms in total. The molecule has 180 valence electrons. The molecular weight excluding hydrogens is 462 g/mol. The van der Waals surface area contributed by atoms with Gasteiger partial charge in [0.15, 0.2) is 16.7 Å². The van der Waals surface area contributed by atoms with Crippen LogP contribution in [-0.2, 0) is 4.79 Å². The summed E-state index contributed by atoms with van der Waals surface area (Å²) in [5.74, 6) is 1.21. The topological polar surface area (TPSA) is 82.5 Å². The second-order valence-electron chi connectivity index (χ2n) is 7.93. The maximum Gasteiger partial charge on any atom is 0.266 e. The van der Waals surface area contributed by atoms with Gasteiger partial charge in [-0.15, -0.1) is 0 Å². The highest BCUT2D eigenvalue weighted by Gasteiger charge is 2.17. The third-order valence-corrected chi connectivity index (χ3v) is 6.43. The number of fused-ring (bicyclic) bond motifs is 1. The van der Waals surface area contributed by atoms with E-state index in [1.54, 1.807) is 17.7 Å². The fraction of sp³-hybridized carbons (Fsp3) is 0.222. The molecular formula is C27H27N3O4S.